The Morgan fingerprint density at radius 1 is 0.975 bits per heavy atom. The van der Waals surface area contributed by atoms with Crippen molar-refractivity contribution in [1.29, 1.82) is 0 Å². The van der Waals surface area contributed by atoms with Gasteiger partial charge in [-0.15, -0.1) is 0 Å². The molecular formula is C29H35N5O6. The maximum absolute atomic E-state index is 13.7. The van der Waals surface area contributed by atoms with Crippen LogP contribution in [0.4, 0.5) is 0 Å². The van der Waals surface area contributed by atoms with Crippen molar-refractivity contribution in [2.75, 3.05) is 7.05 Å². The van der Waals surface area contributed by atoms with Crippen LogP contribution in [-0.4, -0.2) is 71.9 Å². The van der Waals surface area contributed by atoms with Crippen molar-refractivity contribution >= 4 is 35.8 Å². The zero-order chi connectivity index (χ0) is 29.1. The number of carbonyl (C=O) groups excluding carboxylic acids is 6. The summed E-state index contributed by atoms with van der Waals surface area (Å²) >= 11 is 0. The summed E-state index contributed by atoms with van der Waals surface area (Å²) in [5.74, 6) is -2.68. The number of aldehydes is 1. The average Bonchev–Trinajstić information content (AvgIpc) is 3.40. The third-order valence-electron chi connectivity index (χ3n) is 6.81. The normalized spacial score (nSPS) is 16.6. The Balaban J connectivity index is 1.80. The van der Waals surface area contributed by atoms with Crippen molar-refractivity contribution in [3.63, 3.8) is 0 Å². The highest BCUT2D eigenvalue weighted by atomic mass is 16.2. The van der Waals surface area contributed by atoms with Crippen molar-refractivity contribution in [2.24, 2.45) is 5.73 Å². The molecular weight excluding hydrogens is 514 g/mol. The second kappa shape index (κ2) is 14.6. The molecule has 2 aromatic rings. The van der Waals surface area contributed by atoms with Crippen LogP contribution in [0, 0.1) is 0 Å². The number of hydrogen-bond acceptors (Lipinski definition) is 6. The number of likely N-dealkylation sites (N-methyl/N-ethyl adjacent to an activating group) is 1. The van der Waals surface area contributed by atoms with Gasteiger partial charge in [-0.25, -0.2) is 0 Å². The highest BCUT2D eigenvalue weighted by Gasteiger charge is 2.34. The molecule has 5 amide bonds. The molecule has 11 nitrogen and oxygen atoms in total. The number of nitrogens with one attached hydrogen (secondary N) is 3. The number of nitrogens with zero attached hydrogens (tertiary/aromatic N) is 1. The third kappa shape index (κ3) is 8.75. The van der Waals surface area contributed by atoms with Crippen LogP contribution in [0.3, 0.4) is 0 Å². The molecule has 212 valence electrons. The molecule has 1 heterocycles. The number of benzene rings is 2. The van der Waals surface area contributed by atoms with E-state index in [2.05, 4.69) is 16.0 Å². The number of amides is 5. The summed E-state index contributed by atoms with van der Waals surface area (Å²) in [6.07, 6.45) is 1.31. The quantitative estimate of drug-likeness (QED) is 0.242. The van der Waals surface area contributed by atoms with Gasteiger partial charge in [0.2, 0.25) is 29.5 Å². The van der Waals surface area contributed by atoms with Gasteiger partial charge in [0.05, 0.1) is 6.04 Å². The van der Waals surface area contributed by atoms with Gasteiger partial charge in [0, 0.05) is 26.3 Å². The summed E-state index contributed by atoms with van der Waals surface area (Å²) in [6, 6.07) is 14.5. The van der Waals surface area contributed by atoms with Crippen molar-refractivity contribution in [1.82, 2.24) is 20.9 Å². The largest absolute Gasteiger partial charge is 0.370 e. The first-order valence-electron chi connectivity index (χ1n) is 13.2. The third-order valence-corrected chi connectivity index (χ3v) is 6.81. The predicted octanol–water partition coefficient (Wildman–Crippen LogP) is 0.0114. The van der Waals surface area contributed by atoms with Gasteiger partial charge >= 0.3 is 0 Å². The number of nitrogens with two attached hydrogens (primary N) is 1. The Bertz CT molecular complexity index is 1210. The number of hydrogen-bond donors (Lipinski definition) is 4. The van der Waals surface area contributed by atoms with Gasteiger partial charge in [-0.1, -0.05) is 60.7 Å². The van der Waals surface area contributed by atoms with E-state index >= 15 is 0 Å². The van der Waals surface area contributed by atoms with E-state index in [1.54, 1.807) is 12.1 Å². The van der Waals surface area contributed by atoms with Crippen molar-refractivity contribution in [3.05, 3.63) is 71.8 Å². The van der Waals surface area contributed by atoms with Crippen molar-refractivity contribution in [3.8, 4) is 0 Å². The van der Waals surface area contributed by atoms with E-state index < -0.39 is 47.8 Å². The summed E-state index contributed by atoms with van der Waals surface area (Å²) in [4.78, 5) is 76.1. The zero-order valence-corrected chi connectivity index (χ0v) is 22.4. The molecule has 1 aliphatic rings. The fourth-order valence-electron chi connectivity index (χ4n) is 4.50. The van der Waals surface area contributed by atoms with Crippen LogP contribution < -0.4 is 21.7 Å². The van der Waals surface area contributed by atoms with Crippen LogP contribution in [-0.2, 0) is 41.6 Å². The number of rotatable bonds is 14. The van der Waals surface area contributed by atoms with E-state index in [1.807, 2.05) is 48.5 Å². The molecule has 0 bridgehead atoms. The Hall–Kier alpha value is -4.54. The first kappa shape index (κ1) is 30.0. The summed E-state index contributed by atoms with van der Waals surface area (Å²) in [7, 11) is 1.50. The standard InChI is InChI=1S/C29H35N5O6/c1-34(21(18-35)16-19-8-4-2-5-9-19)29(40)24(17-20-10-6-3-7-11-20)33-28(39)23(12-14-25(30)36)32-27(38)22-13-15-26(37)31-22/h2-11,18,21-24H,12-17H2,1H3,(H2,30,36)(H,31,37)(H,32,38)(H,33,39)/t21-,22-,23-,24-/m0/s1. The van der Waals surface area contributed by atoms with E-state index in [0.717, 1.165) is 11.1 Å². The molecule has 0 radical (unpaired) electrons. The van der Waals surface area contributed by atoms with Crippen LogP contribution in [0.5, 0.6) is 0 Å². The zero-order valence-electron chi connectivity index (χ0n) is 22.4. The van der Waals surface area contributed by atoms with Crippen LogP contribution in [0.25, 0.3) is 0 Å². The predicted molar refractivity (Wildman–Crippen MR) is 146 cm³/mol. The van der Waals surface area contributed by atoms with Gasteiger partial charge in [0.1, 0.15) is 24.4 Å². The second-order valence-corrected chi connectivity index (χ2v) is 9.82. The summed E-state index contributed by atoms with van der Waals surface area (Å²) in [5.41, 5.74) is 6.92. The molecule has 3 rings (SSSR count). The highest BCUT2D eigenvalue weighted by Crippen LogP contribution is 2.12. The lowest BCUT2D eigenvalue weighted by atomic mass is 10.0. The summed E-state index contributed by atoms with van der Waals surface area (Å²) < 4.78 is 0. The smallest absolute Gasteiger partial charge is 0.245 e. The molecule has 0 spiro atoms. The van der Waals surface area contributed by atoms with Gasteiger partial charge in [0.25, 0.3) is 0 Å². The molecule has 4 atom stereocenters. The average molecular weight is 550 g/mol. The number of primary amides is 1. The minimum Gasteiger partial charge on any atom is -0.370 e. The Morgan fingerprint density at radius 3 is 2.10 bits per heavy atom. The maximum Gasteiger partial charge on any atom is 0.245 e. The Kier molecular flexibility index (Phi) is 10.9. The minimum absolute atomic E-state index is 0.0966. The Morgan fingerprint density at radius 2 is 1.57 bits per heavy atom. The first-order valence-corrected chi connectivity index (χ1v) is 13.2. The molecule has 0 aromatic heterocycles. The van der Waals surface area contributed by atoms with Gasteiger partial charge in [0.15, 0.2) is 0 Å². The molecule has 1 fully saturated rings. The first-order chi connectivity index (χ1) is 19.2. The second-order valence-electron chi connectivity index (χ2n) is 9.82. The topological polar surface area (TPSA) is 168 Å². The molecule has 1 saturated heterocycles. The summed E-state index contributed by atoms with van der Waals surface area (Å²) in [5, 5.41) is 7.84. The van der Waals surface area contributed by atoms with Crippen molar-refractivity contribution < 1.29 is 28.8 Å². The van der Waals surface area contributed by atoms with E-state index in [0.29, 0.717) is 12.7 Å². The van der Waals surface area contributed by atoms with Gasteiger partial charge in [-0.3, -0.25) is 24.0 Å². The van der Waals surface area contributed by atoms with Gasteiger partial charge in [-0.05, 0) is 30.4 Å². The van der Waals surface area contributed by atoms with Crippen molar-refractivity contribution in [2.45, 2.75) is 62.7 Å². The highest BCUT2D eigenvalue weighted by molar-refractivity contribution is 5.96. The summed E-state index contributed by atoms with van der Waals surface area (Å²) in [6.45, 7) is 0. The molecule has 5 N–H and O–H groups in total. The van der Waals surface area contributed by atoms with Crippen LogP contribution in [0.1, 0.15) is 36.8 Å². The van der Waals surface area contributed by atoms with E-state index in [4.69, 9.17) is 5.73 Å². The molecule has 1 aliphatic heterocycles. The Labute approximate surface area is 232 Å². The monoisotopic (exact) mass is 549 g/mol. The molecule has 0 saturated carbocycles. The van der Waals surface area contributed by atoms with Gasteiger partial charge < -0.3 is 31.4 Å². The molecule has 11 heteroatoms. The minimum atomic E-state index is -1.18. The lowest BCUT2D eigenvalue weighted by Crippen LogP contribution is -2.57. The van der Waals surface area contributed by atoms with E-state index in [-0.39, 0.29) is 38.0 Å². The molecule has 2 aromatic carbocycles. The SMILES string of the molecule is CN(C(=O)[C@H](Cc1ccccc1)NC(=O)[C@H](CCC(N)=O)NC(=O)[C@@H]1CCC(=O)N1)[C@H](C=O)Cc1ccccc1. The fourth-order valence-corrected chi connectivity index (χ4v) is 4.50. The molecule has 0 unspecified atom stereocenters. The van der Waals surface area contributed by atoms with Gasteiger partial charge in [-0.2, -0.15) is 0 Å². The van der Waals surface area contributed by atoms with E-state index in [9.17, 15) is 28.8 Å². The van der Waals surface area contributed by atoms with Crippen LogP contribution in [0.15, 0.2) is 60.7 Å². The van der Waals surface area contributed by atoms with Crippen LogP contribution >= 0.6 is 0 Å². The molecule has 0 aliphatic carbocycles. The van der Waals surface area contributed by atoms with Crippen LogP contribution in [0.2, 0.25) is 0 Å². The number of carbonyl (C=O) groups is 6. The maximum atomic E-state index is 13.7. The molecule has 40 heavy (non-hydrogen) atoms. The lowest BCUT2D eigenvalue weighted by molar-refractivity contribution is -0.139. The fraction of sp³-hybridized carbons (Fsp3) is 0.379. The lowest BCUT2D eigenvalue weighted by Gasteiger charge is -2.30. The van der Waals surface area contributed by atoms with E-state index in [1.165, 1.54) is 11.9 Å².